The van der Waals surface area contributed by atoms with E-state index in [0.717, 1.165) is 45.1 Å². The summed E-state index contributed by atoms with van der Waals surface area (Å²) < 4.78 is 39.8. The normalized spacial score (nSPS) is 18.4. The van der Waals surface area contributed by atoms with Gasteiger partial charge >= 0.3 is 11.9 Å². The molecule has 2 unspecified atom stereocenters. The highest BCUT2D eigenvalue weighted by atomic mass is 35.5. The van der Waals surface area contributed by atoms with Crippen molar-refractivity contribution in [2.75, 3.05) is 59.3 Å². The molecule has 1 N–H and O–H groups in total. The van der Waals surface area contributed by atoms with Gasteiger partial charge in [-0.3, -0.25) is 39.2 Å². The van der Waals surface area contributed by atoms with Crippen LogP contribution in [0.25, 0.3) is 27.2 Å². The minimum Gasteiger partial charge on any atom is -0.493 e. The summed E-state index contributed by atoms with van der Waals surface area (Å²) in [5, 5.41) is 5.12. The van der Waals surface area contributed by atoms with Gasteiger partial charge in [0.15, 0.2) is 6.61 Å². The number of carbonyl (C=O) groups excluding carboxylic acids is 6. The van der Waals surface area contributed by atoms with Crippen LogP contribution in [0, 0.1) is 17.2 Å². The van der Waals surface area contributed by atoms with E-state index in [1.54, 1.807) is 49.9 Å². The maximum absolute atomic E-state index is 14.8. The number of piperidine rings is 1. The van der Waals surface area contributed by atoms with Crippen LogP contribution in [0.15, 0.2) is 77.3 Å². The molecule has 18 heteroatoms. The molecule has 9 rings (SSSR count). The molecule has 2 atom stereocenters. The Balaban J connectivity index is 0.965. The number of rotatable bonds is 16. The number of carbonyl (C=O) groups is 6. The van der Waals surface area contributed by atoms with Crippen molar-refractivity contribution in [1.29, 1.82) is 0 Å². The summed E-state index contributed by atoms with van der Waals surface area (Å²) in [4.78, 5) is 89.6. The van der Waals surface area contributed by atoms with Crippen molar-refractivity contribution in [3.63, 3.8) is 0 Å². The van der Waals surface area contributed by atoms with Crippen molar-refractivity contribution in [2.45, 2.75) is 92.8 Å². The van der Waals surface area contributed by atoms with E-state index in [4.69, 9.17) is 35.5 Å². The zero-order valence-corrected chi connectivity index (χ0v) is 44.6. The average Bonchev–Trinajstić information content (AvgIpc) is 3.90. The van der Waals surface area contributed by atoms with Gasteiger partial charge in [0, 0.05) is 91.0 Å². The van der Waals surface area contributed by atoms with Crippen LogP contribution >= 0.6 is 11.6 Å². The molecule has 2 saturated heterocycles. The molecule has 0 spiro atoms. The lowest BCUT2D eigenvalue weighted by Crippen LogP contribution is -2.52. The second kappa shape index (κ2) is 22.6. The van der Waals surface area contributed by atoms with Gasteiger partial charge < -0.3 is 33.3 Å². The Bertz CT molecular complexity index is 3210. The number of allylic oxidation sites excluding steroid dienone is 2. The number of fused-ring (bicyclic) bond motifs is 3. The molecule has 16 nitrogen and oxygen atoms in total. The Kier molecular flexibility index (Phi) is 16.0. The van der Waals surface area contributed by atoms with E-state index in [9.17, 15) is 33.2 Å². The van der Waals surface area contributed by atoms with E-state index in [1.807, 2.05) is 41.8 Å². The van der Waals surface area contributed by atoms with Gasteiger partial charge in [-0.25, -0.2) is 9.18 Å². The highest BCUT2D eigenvalue weighted by molar-refractivity contribution is 6.38. The van der Waals surface area contributed by atoms with Crippen molar-refractivity contribution in [1.82, 2.24) is 24.6 Å². The summed E-state index contributed by atoms with van der Waals surface area (Å²) in [5.41, 5.74) is 5.57. The fourth-order valence-electron chi connectivity index (χ4n) is 10.7. The number of ether oxygens (including phenoxy) is 4. The summed E-state index contributed by atoms with van der Waals surface area (Å²) in [6, 6.07) is 18.2. The maximum Gasteiger partial charge on any atom is 0.358 e. The van der Waals surface area contributed by atoms with Gasteiger partial charge in [0.1, 0.15) is 29.1 Å². The van der Waals surface area contributed by atoms with Crippen molar-refractivity contribution in [3.05, 3.63) is 111 Å². The van der Waals surface area contributed by atoms with Crippen LogP contribution in [0.1, 0.15) is 105 Å². The van der Waals surface area contributed by atoms with Crippen LogP contribution in [0.3, 0.4) is 0 Å². The number of esters is 2. The van der Waals surface area contributed by atoms with E-state index >= 15 is 0 Å². The van der Waals surface area contributed by atoms with E-state index in [0.29, 0.717) is 103 Å². The zero-order valence-electron chi connectivity index (χ0n) is 43.9. The number of benzene rings is 4. The highest BCUT2D eigenvalue weighted by Gasteiger charge is 2.40. The third-order valence-electron chi connectivity index (χ3n) is 15.0. The molecule has 4 aliphatic heterocycles. The second-order valence-electron chi connectivity index (χ2n) is 21.0. The number of aliphatic imine (C=N–C) groups is 1. The van der Waals surface area contributed by atoms with E-state index in [2.05, 4.69) is 24.1 Å². The lowest BCUT2D eigenvalue weighted by molar-refractivity contribution is -0.161. The first-order valence-electron chi connectivity index (χ1n) is 26.0. The molecule has 4 amide bonds. The van der Waals surface area contributed by atoms with Gasteiger partial charge in [0.05, 0.1) is 29.1 Å². The van der Waals surface area contributed by atoms with E-state index < -0.39 is 36.1 Å². The van der Waals surface area contributed by atoms with Crippen LogP contribution in [-0.2, 0) is 48.2 Å². The monoisotopic (exact) mass is 1060 g/mol. The Morgan fingerprint density at radius 1 is 0.882 bits per heavy atom. The van der Waals surface area contributed by atoms with Crippen molar-refractivity contribution in [3.8, 4) is 11.5 Å². The number of nitrogens with one attached hydrogen (secondary N) is 1. The second-order valence-corrected chi connectivity index (χ2v) is 21.4. The first-order chi connectivity index (χ1) is 36.4. The van der Waals surface area contributed by atoms with Crippen LogP contribution in [0.5, 0.6) is 11.5 Å². The van der Waals surface area contributed by atoms with Gasteiger partial charge in [0.25, 0.3) is 11.8 Å². The summed E-state index contributed by atoms with van der Waals surface area (Å²) in [6.45, 7) is 14.3. The zero-order chi connectivity index (χ0) is 54.0. The molecular weight excluding hydrogens is 995 g/mol. The minimum atomic E-state index is -0.828. The first-order valence-corrected chi connectivity index (χ1v) is 26.4. The Morgan fingerprint density at radius 3 is 2.39 bits per heavy atom. The number of amides is 4. The molecule has 4 aromatic carbocycles. The molecule has 76 heavy (non-hydrogen) atoms. The standard InChI is InChI=1S/C58H64ClFN6O10/c1-34-21-22-61-36(3)50(35(34)2)51-44(59)18-17-41-40(12-9-29-73-46-13-7-10-37-30-38(60)15-16-39(37)46)53(56(71)75-33-76-57(72)58(4,5)6)65(52(41)51)28-25-63-23-26-64(27-24-63)49(68)32-74-47-14-8-11-42-43(47)31-66(55(42)70)45-19-20-48(67)62-54(45)69/h7-8,10-11,13-18,30,34,45H,9,12,19-29,31-33H2,1-6H3,(H,62,67,69). The summed E-state index contributed by atoms with van der Waals surface area (Å²) in [6.07, 6.45) is 2.11. The number of aryl methyl sites for hydroxylation is 1. The molecule has 5 aromatic rings. The summed E-state index contributed by atoms with van der Waals surface area (Å²) in [7, 11) is 0. The molecule has 1 aromatic heterocycles. The number of halogens is 2. The number of hydrogen-bond acceptors (Lipinski definition) is 12. The SMILES string of the molecule is CC1=NCCC(C)C(C)=C1c1c(Cl)ccc2c(CCCOc3cccc4cc(F)ccc34)c(C(=O)OCOC(=O)C(C)(C)C)n(CCN3CCN(C(=O)COc4cccc5c4CN(C4CCC(=O)NC4=O)C5=O)CC3)c12. The van der Waals surface area contributed by atoms with Gasteiger partial charge in [-0.15, -0.1) is 0 Å². The molecule has 0 aliphatic carbocycles. The predicted octanol–water partition coefficient (Wildman–Crippen LogP) is 8.56. The molecule has 5 heterocycles. The van der Waals surface area contributed by atoms with Crippen molar-refractivity contribution >= 4 is 80.1 Å². The third-order valence-corrected chi connectivity index (χ3v) is 15.3. The smallest absolute Gasteiger partial charge is 0.358 e. The van der Waals surface area contributed by atoms with Gasteiger partial charge in [-0.1, -0.05) is 48.4 Å². The van der Waals surface area contributed by atoms with E-state index in [1.165, 1.54) is 17.0 Å². The summed E-state index contributed by atoms with van der Waals surface area (Å²) in [5.74, 6) is -1.77. The van der Waals surface area contributed by atoms with Crippen LogP contribution < -0.4 is 14.8 Å². The Labute approximate surface area is 446 Å². The Hall–Kier alpha value is -7.11. The Morgan fingerprint density at radius 2 is 1.63 bits per heavy atom. The molecular formula is C58H64ClFN6O10. The predicted molar refractivity (Wildman–Crippen MR) is 286 cm³/mol. The minimum absolute atomic E-state index is 0.118. The summed E-state index contributed by atoms with van der Waals surface area (Å²) >= 11 is 7.32. The molecule has 0 bridgehead atoms. The number of nitrogens with zero attached hydrogens (tertiary/aromatic N) is 5. The van der Waals surface area contributed by atoms with Crippen molar-refractivity contribution in [2.24, 2.45) is 16.3 Å². The van der Waals surface area contributed by atoms with Gasteiger partial charge in [0.2, 0.25) is 18.6 Å². The average molecular weight is 1060 g/mol. The fraction of sp³-hybridized carbons (Fsp3) is 0.431. The number of piperazine rings is 1. The lowest BCUT2D eigenvalue weighted by Gasteiger charge is -2.35. The number of hydrogen-bond donors (Lipinski definition) is 1. The molecule has 4 aliphatic rings. The van der Waals surface area contributed by atoms with Crippen molar-refractivity contribution < 1.29 is 52.1 Å². The topological polar surface area (TPSA) is 178 Å². The molecule has 2 fully saturated rings. The van der Waals surface area contributed by atoms with Crippen LogP contribution in [0.2, 0.25) is 5.02 Å². The van der Waals surface area contributed by atoms with Crippen LogP contribution in [0.4, 0.5) is 4.39 Å². The van der Waals surface area contributed by atoms with Gasteiger partial charge in [-0.2, -0.15) is 0 Å². The molecule has 0 radical (unpaired) electrons. The molecule has 400 valence electrons. The largest absolute Gasteiger partial charge is 0.493 e. The quantitative estimate of drug-likeness (QED) is 0.0433. The maximum atomic E-state index is 14.8. The van der Waals surface area contributed by atoms with Gasteiger partial charge in [-0.05, 0) is 120 Å². The first kappa shape index (κ1) is 53.7. The number of imide groups is 1. The lowest BCUT2D eigenvalue weighted by atomic mass is 9.88. The highest BCUT2D eigenvalue weighted by Crippen LogP contribution is 2.42. The number of aromatic nitrogens is 1. The third kappa shape index (κ3) is 11.2. The fourth-order valence-corrected chi connectivity index (χ4v) is 10.9. The van der Waals surface area contributed by atoms with E-state index in [-0.39, 0.29) is 62.1 Å². The van der Waals surface area contributed by atoms with Crippen LogP contribution in [-0.4, -0.2) is 126 Å². The molecule has 0 saturated carbocycles.